The number of allylic oxidation sites excluding steroid dienone is 1. The van der Waals surface area contributed by atoms with Crippen LogP contribution in [0.3, 0.4) is 0 Å². The first-order chi connectivity index (χ1) is 11.7. The van der Waals surface area contributed by atoms with Crippen molar-refractivity contribution < 1.29 is 4.79 Å². The van der Waals surface area contributed by atoms with E-state index in [2.05, 4.69) is 20.9 Å². The minimum absolute atomic E-state index is 0.135. The van der Waals surface area contributed by atoms with E-state index in [1.165, 1.54) is 0 Å². The zero-order valence-electron chi connectivity index (χ0n) is 12.9. The third kappa shape index (κ3) is 2.85. The number of ketones is 1. The van der Waals surface area contributed by atoms with E-state index in [-0.39, 0.29) is 5.78 Å². The van der Waals surface area contributed by atoms with Crippen LogP contribution in [0, 0.1) is 0 Å². The van der Waals surface area contributed by atoms with E-state index in [0.717, 1.165) is 45.3 Å². The molecule has 0 unspecified atom stereocenters. The summed E-state index contributed by atoms with van der Waals surface area (Å²) in [5.41, 5.74) is 4.92. The number of carbonyl (C=O) groups excluding carboxylic acids is 1. The van der Waals surface area contributed by atoms with Crippen LogP contribution in [0.2, 0.25) is 0 Å². The van der Waals surface area contributed by atoms with Gasteiger partial charge in [-0.15, -0.1) is 0 Å². The summed E-state index contributed by atoms with van der Waals surface area (Å²) in [4.78, 5) is 16.8. The summed E-state index contributed by atoms with van der Waals surface area (Å²) in [5, 5.41) is 0. The molecule has 3 aromatic rings. The number of halogens is 1. The maximum atomic E-state index is 12.7. The van der Waals surface area contributed by atoms with E-state index in [0.29, 0.717) is 0 Å². The third-order valence-corrected chi connectivity index (χ3v) is 4.80. The molecule has 3 nitrogen and oxygen atoms in total. The topological polar surface area (TPSA) is 34.9 Å². The molecule has 4 rings (SSSR count). The van der Waals surface area contributed by atoms with E-state index in [9.17, 15) is 4.79 Å². The first-order valence-corrected chi connectivity index (χ1v) is 8.62. The van der Waals surface area contributed by atoms with E-state index in [1.807, 2.05) is 59.3 Å². The molecule has 0 saturated carbocycles. The van der Waals surface area contributed by atoms with Gasteiger partial charge < -0.3 is 4.57 Å². The van der Waals surface area contributed by atoms with Gasteiger partial charge in [0.25, 0.3) is 0 Å². The van der Waals surface area contributed by atoms with Crippen molar-refractivity contribution in [3.05, 3.63) is 87.9 Å². The Hall–Kier alpha value is -2.46. The van der Waals surface area contributed by atoms with Gasteiger partial charge in [0, 0.05) is 33.7 Å². The summed E-state index contributed by atoms with van der Waals surface area (Å²) >= 11 is 3.45. The zero-order valence-corrected chi connectivity index (χ0v) is 14.5. The molecular weight excluding hydrogens is 364 g/mol. The van der Waals surface area contributed by atoms with Crippen LogP contribution in [0.4, 0.5) is 0 Å². The van der Waals surface area contributed by atoms with Crippen molar-refractivity contribution in [1.82, 2.24) is 9.55 Å². The molecule has 0 radical (unpaired) electrons. The predicted molar refractivity (Wildman–Crippen MR) is 98.3 cm³/mol. The van der Waals surface area contributed by atoms with Crippen molar-refractivity contribution in [2.75, 3.05) is 0 Å². The SMILES string of the molecule is O=C1C(=Cc2ccc(-n3ccnc3)cc2)CCc2ccc(Br)cc21. The number of Topliss-reactive ketones (excluding diaryl/α,β-unsaturated/α-hetero) is 1. The third-order valence-electron chi connectivity index (χ3n) is 4.31. The second-order valence-electron chi connectivity index (χ2n) is 5.86. The molecular formula is C20H15BrN2O. The highest BCUT2D eigenvalue weighted by atomic mass is 79.9. The molecule has 0 fully saturated rings. The largest absolute Gasteiger partial charge is 0.306 e. The molecule has 0 atom stereocenters. The van der Waals surface area contributed by atoms with Crippen molar-refractivity contribution in [2.24, 2.45) is 0 Å². The summed E-state index contributed by atoms with van der Waals surface area (Å²) in [5.74, 6) is 0.135. The van der Waals surface area contributed by atoms with Crippen LogP contribution in [0.25, 0.3) is 11.8 Å². The van der Waals surface area contributed by atoms with Gasteiger partial charge in [0.1, 0.15) is 0 Å². The van der Waals surface area contributed by atoms with Crippen molar-refractivity contribution in [2.45, 2.75) is 12.8 Å². The van der Waals surface area contributed by atoms with Gasteiger partial charge in [-0.3, -0.25) is 4.79 Å². The van der Waals surface area contributed by atoms with Gasteiger partial charge in [-0.25, -0.2) is 4.98 Å². The Morgan fingerprint density at radius 3 is 2.67 bits per heavy atom. The molecule has 118 valence electrons. The molecule has 24 heavy (non-hydrogen) atoms. The highest BCUT2D eigenvalue weighted by Crippen LogP contribution is 2.29. The van der Waals surface area contributed by atoms with Crippen LogP contribution in [-0.4, -0.2) is 15.3 Å². The number of rotatable bonds is 2. The summed E-state index contributed by atoms with van der Waals surface area (Å²) in [7, 11) is 0. The number of fused-ring (bicyclic) bond motifs is 1. The number of carbonyl (C=O) groups is 1. The standard InChI is InChI=1S/C20H15BrN2O/c21-17-6-5-15-3-4-16(20(24)19(15)12-17)11-14-1-7-18(8-2-14)23-10-9-22-13-23/h1-2,5-13H,3-4H2. The second kappa shape index (κ2) is 6.21. The fraction of sp³-hybridized carbons (Fsp3) is 0.100. The Bertz CT molecular complexity index is 925. The molecule has 0 saturated heterocycles. The molecule has 0 amide bonds. The fourth-order valence-electron chi connectivity index (χ4n) is 3.03. The van der Waals surface area contributed by atoms with Crippen LogP contribution < -0.4 is 0 Å². The molecule has 1 aliphatic rings. The van der Waals surface area contributed by atoms with Gasteiger partial charge in [0.2, 0.25) is 0 Å². The minimum Gasteiger partial charge on any atom is -0.306 e. The lowest BCUT2D eigenvalue weighted by Gasteiger charge is -2.17. The van der Waals surface area contributed by atoms with Crippen LogP contribution >= 0.6 is 15.9 Å². The van der Waals surface area contributed by atoms with Crippen molar-refractivity contribution >= 4 is 27.8 Å². The van der Waals surface area contributed by atoms with E-state index in [4.69, 9.17) is 0 Å². The number of benzene rings is 2. The quantitative estimate of drug-likeness (QED) is 0.597. The van der Waals surface area contributed by atoms with Gasteiger partial charge in [-0.2, -0.15) is 0 Å². The predicted octanol–water partition coefficient (Wildman–Crippen LogP) is 4.85. The first-order valence-electron chi connectivity index (χ1n) is 7.83. The second-order valence-corrected chi connectivity index (χ2v) is 6.78. The average Bonchev–Trinajstić information content (AvgIpc) is 3.13. The van der Waals surface area contributed by atoms with Gasteiger partial charge in [0.05, 0.1) is 6.33 Å². The number of imidazole rings is 1. The highest BCUT2D eigenvalue weighted by Gasteiger charge is 2.21. The van der Waals surface area contributed by atoms with Crippen LogP contribution in [0.15, 0.2) is 71.2 Å². The van der Waals surface area contributed by atoms with Gasteiger partial charge in [0.15, 0.2) is 5.78 Å². The van der Waals surface area contributed by atoms with Crippen LogP contribution in [0.5, 0.6) is 0 Å². The zero-order chi connectivity index (χ0) is 16.5. The number of nitrogens with zero attached hydrogens (tertiary/aromatic N) is 2. The lowest BCUT2D eigenvalue weighted by Crippen LogP contribution is -2.14. The Morgan fingerprint density at radius 1 is 1.08 bits per heavy atom. The summed E-state index contributed by atoms with van der Waals surface area (Å²) in [6.07, 6.45) is 9.14. The molecule has 2 aromatic carbocycles. The first kappa shape index (κ1) is 15.1. The van der Waals surface area contributed by atoms with E-state index < -0.39 is 0 Å². The summed E-state index contributed by atoms with van der Waals surface area (Å²) in [6, 6.07) is 14.1. The Balaban J connectivity index is 1.63. The molecule has 0 N–H and O–H groups in total. The van der Waals surface area contributed by atoms with Crippen molar-refractivity contribution in [1.29, 1.82) is 0 Å². The monoisotopic (exact) mass is 378 g/mol. The molecule has 0 bridgehead atoms. The maximum absolute atomic E-state index is 12.7. The average molecular weight is 379 g/mol. The molecule has 1 heterocycles. The summed E-state index contributed by atoms with van der Waals surface area (Å²) in [6.45, 7) is 0. The fourth-order valence-corrected chi connectivity index (χ4v) is 3.39. The number of hydrogen-bond acceptors (Lipinski definition) is 2. The highest BCUT2D eigenvalue weighted by molar-refractivity contribution is 9.10. The summed E-state index contributed by atoms with van der Waals surface area (Å²) < 4.78 is 2.90. The smallest absolute Gasteiger partial charge is 0.189 e. The Labute approximate surface area is 148 Å². The molecule has 0 aliphatic heterocycles. The lowest BCUT2D eigenvalue weighted by molar-refractivity contribution is 0.102. The number of aryl methyl sites for hydroxylation is 1. The maximum Gasteiger partial charge on any atom is 0.189 e. The molecule has 1 aliphatic carbocycles. The van der Waals surface area contributed by atoms with Gasteiger partial charge >= 0.3 is 0 Å². The molecule has 0 spiro atoms. The van der Waals surface area contributed by atoms with Crippen LogP contribution in [0.1, 0.15) is 27.9 Å². The molecule has 4 heteroatoms. The minimum atomic E-state index is 0.135. The van der Waals surface area contributed by atoms with Crippen molar-refractivity contribution in [3.8, 4) is 5.69 Å². The lowest BCUT2D eigenvalue weighted by atomic mass is 9.86. The number of hydrogen-bond donors (Lipinski definition) is 0. The van der Waals surface area contributed by atoms with Crippen LogP contribution in [-0.2, 0) is 6.42 Å². The Morgan fingerprint density at radius 2 is 1.92 bits per heavy atom. The van der Waals surface area contributed by atoms with E-state index >= 15 is 0 Å². The Kier molecular flexibility index (Phi) is 3.90. The van der Waals surface area contributed by atoms with Gasteiger partial charge in [-0.05, 0) is 54.3 Å². The number of aromatic nitrogens is 2. The van der Waals surface area contributed by atoms with E-state index in [1.54, 1.807) is 12.5 Å². The molecule has 1 aromatic heterocycles. The normalized spacial score (nSPS) is 15.5. The van der Waals surface area contributed by atoms with Crippen molar-refractivity contribution in [3.63, 3.8) is 0 Å². The van der Waals surface area contributed by atoms with Gasteiger partial charge in [-0.1, -0.05) is 34.1 Å².